The topological polar surface area (TPSA) is 139 Å². The summed E-state index contributed by atoms with van der Waals surface area (Å²) in [4.78, 5) is 32.4. The minimum absolute atomic E-state index is 0.0470. The number of rotatable bonds is 6. The largest absolute Gasteiger partial charge is 0.444 e. The molecular weight excluding hydrogens is 320 g/mol. The molecular formula is C15H20N2O7. The van der Waals surface area contributed by atoms with Crippen molar-refractivity contribution in [2.75, 3.05) is 6.54 Å². The summed E-state index contributed by atoms with van der Waals surface area (Å²) in [6, 6.07) is 3.47. The molecule has 132 valence electrons. The Hall–Kier alpha value is -2.52. The lowest BCUT2D eigenvalue weighted by Gasteiger charge is -2.22. The maximum absolute atomic E-state index is 11.5. The van der Waals surface area contributed by atoms with Gasteiger partial charge in [-0.15, -0.1) is 0 Å². The third-order valence-electron chi connectivity index (χ3n) is 2.94. The highest BCUT2D eigenvalue weighted by Crippen LogP contribution is 2.24. The molecule has 1 amide bonds. The predicted molar refractivity (Wildman–Crippen MR) is 83.7 cm³/mol. The van der Waals surface area contributed by atoms with Crippen LogP contribution < -0.4 is 5.32 Å². The second-order valence-corrected chi connectivity index (χ2v) is 6.09. The summed E-state index contributed by atoms with van der Waals surface area (Å²) in [5.74, 6) is 0. The van der Waals surface area contributed by atoms with E-state index in [1.807, 2.05) is 0 Å². The number of nitro groups is 1. The van der Waals surface area contributed by atoms with E-state index in [-0.39, 0.29) is 17.7 Å². The second-order valence-electron chi connectivity index (χ2n) is 6.09. The van der Waals surface area contributed by atoms with E-state index in [0.29, 0.717) is 6.29 Å². The van der Waals surface area contributed by atoms with Crippen molar-refractivity contribution >= 4 is 18.1 Å². The van der Waals surface area contributed by atoms with Crippen LogP contribution in [-0.4, -0.2) is 45.8 Å². The van der Waals surface area contributed by atoms with Crippen molar-refractivity contribution in [1.29, 1.82) is 0 Å². The first kappa shape index (κ1) is 19.5. The van der Waals surface area contributed by atoms with Crippen LogP contribution in [0.1, 0.15) is 42.8 Å². The van der Waals surface area contributed by atoms with E-state index in [9.17, 15) is 29.9 Å². The number of alkyl carbamates (subject to hydrolysis) is 1. The summed E-state index contributed by atoms with van der Waals surface area (Å²) in [7, 11) is 0. The number of benzene rings is 1. The molecule has 0 saturated heterocycles. The first-order valence-corrected chi connectivity index (χ1v) is 7.11. The smallest absolute Gasteiger partial charge is 0.407 e. The molecule has 2 unspecified atom stereocenters. The molecule has 3 N–H and O–H groups in total. The van der Waals surface area contributed by atoms with Crippen LogP contribution in [0.15, 0.2) is 18.2 Å². The molecule has 0 radical (unpaired) electrons. The Kier molecular flexibility index (Phi) is 6.38. The van der Waals surface area contributed by atoms with Crippen LogP contribution in [-0.2, 0) is 4.74 Å². The summed E-state index contributed by atoms with van der Waals surface area (Å²) in [6.45, 7) is 4.70. The molecule has 0 bridgehead atoms. The van der Waals surface area contributed by atoms with E-state index in [0.717, 1.165) is 6.07 Å². The first-order valence-electron chi connectivity index (χ1n) is 7.11. The summed E-state index contributed by atoms with van der Waals surface area (Å²) in [5.41, 5.74) is -1.28. The molecule has 0 spiro atoms. The molecule has 0 aromatic heterocycles. The maximum atomic E-state index is 11.5. The number of hydrogen-bond acceptors (Lipinski definition) is 7. The minimum Gasteiger partial charge on any atom is -0.444 e. The van der Waals surface area contributed by atoms with Crippen LogP contribution in [0.4, 0.5) is 10.5 Å². The first-order chi connectivity index (χ1) is 11.0. The van der Waals surface area contributed by atoms with E-state index >= 15 is 0 Å². The average Bonchev–Trinajstić information content (AvgIpc) is 2.49. The van der Waals surface area contributed by atoms with Crippen LogP contribution in [0.2, 0.25) is 0 Å². The molecule has 0 aliphatic heterocycles. The fourth-order valence-electron chi connectivity index (χ4n) is 1.84. The molecule has 0 heterocycles. The summed E-state index contributed by atoms with van der Waals surface area (Å²) >= 11 is 0. The van der Waals surface area contributed by atoms with Gasteiger partial charge in [0.15, 0.2) is 6.29 Å². The third kappa shape index (κ3) is 5.60. The quantitative estimate of drug-likeness (QED) is 0.403. The Morgan fingerprint density at radius 3 is 2.54 bits per heavy atom. The summed E-state index contributed by atoms with van der Waals surface area (Å²) in [5, 5.41) is 33.2. The van der Waals surface area contributed by atoms with Gasteiger partial charge in [0.2, 0.25) is 0 Å². The Morgan fingerprint density at radius 2 is 2.04 bits per heavy atom. The highest BCUT2D eigenvalue weighted by atomic mass is 16.6. The lowest BCUT2D eigenvalue weighted by Crippen LogP contribution is -2.38. The summed E-state index contributed by atoms with van der Waals surface area (Å²) in [6.07, 6.45) is -3.34. The van der Waals surface area contributed by atoms with Crippen LogP contribution >= 0.6 is 0 Å². The van der Waals surface area contributed by atoms with Gasteiger partial charge in [0.25, 0.3) is 5.69 Å². The fraction of sp³-hybridized carbons (Fsp3) is 0.467. The molecule has 1 aromatic rings. The third-order valence-corrected chi connectivity index (χ3v) is 2.94. The van der Waals surface area contributed by atoms with Gasteiger partial charge in [-0.1, -0.05) is 6.07 Å². The van der Waals surface area contributed by atoms with E-state index < -0.39 is 34.5 Å². The normalized spacial score (nSPS) is 13.7. The van der Waals surface area contributed by atoms with Gasteiger partial charge in [-0.25, -0.2) is 4.79 Å². The number of nitro benzene ring substituents is 1. The van der Waals surface area contributed by atoms with E-state index in [1.54, 1.807) is 20.8 Å². The molecule has 0 fully saturated rings. The molecule has 0 aliphatic rings. The Labute approximate surface area is 138 Å². The maximum Gasteiger partial charge on any atom is 0.407 e. The highest BCUT2D eigenvalue weighted by molar-refractivity contribution is 5.81. The van der Waals surface area contributed by atoms with Crippen molar-refractivity contribution in [3.05, 3.63) is 39.4 Å². The SMILES string of the molecule is CC(C)(C)OC(=O)NCC(O)C(O)c1ccc(C=O)c([N+](=O)[O-])c1. The minimum atomic E-state index is -1.49. The van der Waals surface area contributed by atoms with Crippen molar-refractivity contribution in [3.8, 4) is 0 Å². The zero-order valence-corrected chi connectivity index (χ0v) is 13.6. The van der Waals surface area contributed by atoms with Crippen LogP contribution in [0.3, 0.4) is 0 Å². The zero-order chi connectivity index (χ0) is 18.5. The summed E-state index contributed by atoms with van der Waals surface area (Å²) < 4.78 is 4.98. The van der Waals surface area contributed by atoms with Crippen molar-refractivity contribution in [3.63, 3.8) is 0 Å². The highest BCUT2D eigenvalue weighted by Gasteiger charge is 2.24. The molecule has 0 aliphatic carbocycles. The molecule has 2 atom stereocenters. The Bertz CT molecular complexity index is 625. The number of ether oxygens (including phenoxy) is 1. The van der Waals surface area contributed by atoms with E-state index in [2.05, 4.69) is 5.32 Å². The van der Waals surface area contributed by atoms with Gasteiger partial charge >= 0.3 is 6.09 Å². The number of nitrogens with zero attached hydrogens (tertiary/aromatic N) is 1. The monoisotopic (exact) mass is 340 g/mol. The Balaban J connectivity index is 2.77. The van der Waals surface area contributed by atoms with Crippen molar-refractivity contribution in [2.45, 2.75) is 38.6 Å². The van der Waals surface area contributed by atoms with Gasteiger partial charge in [-0.2, -0.15) is 0 Å². The lowest BCUT2D eigenvalue weighted by molar-refractivity contribution is -0.385. The molecule has 9 nitrogen and oxygen atoms in total. The molecule has 1 rings (SSSR count). The van der Waals surface area contributed by atoms with Crippen LogP contribution in [0, 0.1) is 10.1 Å². The molecule has 9 heteroatoms. The number of nitrogens with one attached hydrogen (secondary N) is 1. The molecule has 1 aromatic carbocycles. The predicted octanol–water partition coefficient (Wildman–Crippen LogP) is 1.33. The number of aliphatic hydroxyl groups is 2. The average molecular weight is 340 g/mol. The second kappa shape index (κ2) is 7.84. The van der Waals surface area contributed by atoms with Gasteiger partial charge in [-0.05, 0) is 32.4 Å². The lowest BCUT2D eigenvalue weighted by atomic mass is 10.0. The Morgan fingerprint density at radius 1 is 1.42 bits per heavy atom. The molecule has 24 heavy (non-hydrogen) atoms. The van der Waals surface area contributed by atoms with E-state index in [4.69, 9.17) is 4.74 Å². The van der Waals surface area contributed by atoms with Gasteiger partial charge in [0.05, 0.1) is 10.5 Å². The van der Waals surface area contributed by atoms with Gasteiger partial charge in [0, 0.05) is 12.6 Å². The van der Waals surface area contributed by atoms with Crippen LogP contribution in [0.25, 0.3) is 0 Å². The number of aliphatic hydroxyl groups excluding tert-OH is 2. The van der Waals surface area contributed by atoms with Crippen LogP contribution in [0.5, 0.6) is 0 Å². The van der Waals surface area contributed by atoms with Crippen molar-refractivity contribution in [1.82, 2.24) is 5.32 Å². The van der Waals surface area contributed by atoms with Crippen molar-refractivity contribution < 1.29 is 29.5 Å². The standard InChI is InChI=1S/C15H20N2O7/c1-15(2,3)24-14(21)16-7-12(19)13(20)9-4-5-10(8-18)11(6-9)17(22)23/h4-6,8,12-13,19-20H,7H2,1-3H3,(H,16,21). The number of amides is 1. The number of hydrogen-bond donors (Lipinski definition) is 3. The zero-order valence-electron chi connectivity index (χ0n) is 13.6. The van der Waals surface area contributed by atoms with Gasteiger partial charge < -0.3 is 20.3 Å². The number of carbonyl (C=O) groups excluding carboxylic acids is 2. The van der Waals surface area contributed by atoms with E-state index in [1.165, 1.54) is 12.1 Å². The fourth-order valence-corrected chi connectivity index (χ4v) is 1.84. The number of carbonyl (C=O) groups is 2. The number of aldehydes is 1. The van der Waals surface area contributed by atoms with Gasteiger partial charge in [-0.3, -0.25) is 14.9 Å². The van der Waals surface area contributed by atoms with Crippen molar-refractivity contribution in [2.24, 2.45) is 0 Å². The van der Waals surface area contributed by atoms with Gasteiger partial charge in [0.1, 0.15) is 17.8 Å². The molecule has 0 saturated carbocycles.